The summed E-state index contributed by atoms with van der Waals surface area (Å²) in [6.45, 7) is 5.98. The van der Waals surface area contributed by atoms with Gasteiger partial charge in [-0.1, -0.05) is 19.1 Å². The quantitative estimate of drug-likeness (QED) is 0.806. The van der Waals surface area contributed by atoms with Crippen LogP contribution in [0.25, 0.3) is 0 Å². The molecule has 0 bridgehead atoms. The van der Waals surface area contributed by atoms with Gasteiger partial charge in [0.2, 0.25) is 5.91 Å². The number of nitrogens with zero attached hydrogens (tertiary/aromatic N) is 5. The van der Waals surface area contributed by atoms with Crippen LogP contribution in [0.15, 0.2) is 6.20 Å². The molecule has 0 unspecified atom stereocenters. The predicted octanol–water partition coefficient (Wildman–Crippen LogP) is 1.50. The molecule has 0 spiro atoms. The third-order valence-electron chi connectivity index (χ3n) is 4.82. The van der Waals surface area contributed by atoms with Gasteiger partial charge in [0.15, 0.2) is 5.69 Å². The Bertz CT molecular complexity index is 626. The molecule has 0 radical (unpaired) electrons. The normalized spacial score (nSPS) is 23.7. The molecule has 0 saturated carbocycles. The van der Waals surface area contributed by atoms with Crippen LogP contribution in [0, 0.1) is 5.92 Å². The summed E-state index contributed by atoms with van der Waals surface area (Å²) in [4.78, 5) is 28.1. The average molecular weight is 351 g/mol. The topological polar surface area (TPSA) is 71.3 Å². The van der Waals surface area contributed by atoms with E-state index in [9.17, 15) is 14.0 Å². The first-order valence-electron chi connectivity index (χ1n) is 9.07. The number of amides is 2. The molecule has 3 heterocycles. The van der Waals surface area contributed by atoms with E-state index in [1.54, 1.807) is 20.7 Å². The van der Waals surface area contributed by atoms with Gasteiger partial charge >= 0.3 is 0 Å². The molecule has 8 heteroatoms. The lowest BCUT2D eigenvalue weighted by Crippen LogP contribution is -2.38. The number of carbonyl (C=O) groups excluding carboxylic acids is 2. The number of rotatable bonds is 5. The fourth-order valence-electron chi connectivity index (χ4n) is 3.59. The van der Waals surface area contributed by atoms with Gasteiger partial charge < -0.3 is 9.80 Å². The van der Waals surface area contributed by atoms with Crippen LogP contribution in [-0.2, 0) is 11.3 Å². The smallest absolute Gasteiger partial charge is 0.276 e. The Morgan fingerprint density at radius 1 is 1.32 bits per heavy atom. The van der Waals surface area contributed by atoms with E-state index in [1.165, 1.54) is 0 Å². The molecule has 138 valence electrons. The number of likely N-dealkylation sites (tertiary alicyclic amines) is 2. The Balaban J connectivity index is 1.64. The molecule has 0 aliphatic carbocycles. The molecule has 1 aromatic heterocycles. The van der Waals surface area contributed by atoms with Crippen LogP contribution < -0.4 is 0 Å². The van der Waals surface area contributed by atoms with Crippen molar-refractivity contribution in [2.24, 2.45) is 5.92 Å². The van der Waals surface area contributed by atoms with Gasteiger partial charge in [0, 0.05) is 25.9 Å². The Morgan fingerprint density at radius 2 is 2.04 bits per heavy atom. The zero-order chi connectivity index (χ0) is 18.0. The fourth-order valence-corrected chi connectivity index (χ4v) is 3.59. The summed E-state index contributed by atoms with van der Waals surface area (Å²) in [5.41, 5.74) is 0.316. The van der Waals surface area contributed by atoms with Crippen molar-refractivity contribution in [3.05, 3.63) is 11.9 Å². The van der Waals surface area contributed by atoms with Crippen molar-refractivity contribution in [1.82, 2.24) is 24.8 Å². The van der Waals surface area contributed by atoms with Crippen LogP contribution in [-0.4, -0.2) is 68.5 Å². The number of alkyl halides is 1. The maximum atomic E-state index is 13.9. The first-order chi connectivity index (χ1) is 11.9. The molecule has 2 amide bonds. The van der Waals surface area contributed by atoms with Crippen LogP contribution in [0.3, 0.4) is 0 Å². The number of aromatic nitrogens is 3. The maximum Gasteiger partial charge on any atom is 0.276 e. The van der Waals surface area contributed by atoms with Gasteiger partial charge in [0.25, 0.3) is 5.91 Å². The van der Waals surface area contributed by atoms with E-state index in [4.69, 9.17) is 0 Å². The first-order valence-corrected chi connectivity index (χ1v) is 9.07. The zero-order valence-electron chi connectivity index (χ0n) is 14.9. The van der Waals surface area contributed by atoms with Gasteiger partial charge in [0.05, 0.1) is 25.3 Å². The Kier molecular flexibility index (Phi) is 5.34. The third-order valence-corrected chi connectivity index (χ3v) is 4.82. The van der Waals surface area contributed by atoms with E-state index in [-0.39, 0.29) is 30.3 Å². The molecule has 2 saturated heterocycles. The standard InChI is InChI=1S/C17H26FN5O2/c1-12(2)7-16(24)23-9-13(18)8-14(23)10-22-11-15(19-20-22)17(25)21-5-3-4-6-21/h11-14H,3-10H2,1-2H3/t13-,14-/m0/s1. The SMILES string of the molecule is CC(C)CC(=O)N1C[C@@H](F)C[C@H]1Cn1cc(C(=O)N2CCCC2)nn1. The largest absolute Gasteiger partial charge is 0.337 e. The lowest BCUT2D eigenvalue weighted by Gasteiger charge is -2.24. The Morgan fingerprint density at radius 3 is 2.72 bits per heavy atom. The minimum absolute atomic E-state index is 0.0198. The molecule has 0 N–H and O–H groups in total. The van der Waals surface area contributed by atoms with Crippen molar-refractivity contribution in [1.29, 1.82) is 0 Å². The van der Waals surface area contributed by atoms with Crippen molar-refractivity contribution >= 4 is 11.8 Å². The van der Waals surface area contributed by atoms with Crippen LogP contribution in [0.1, 0.15) is 50.0 Å². The summed E-state index contributed by atoms with van der Waals surface area (Å²) >= 11 is 0. The Labute approximate surface area is 147 Å². The van der Waals surface area contributed by atoms with E-state index in [2.05, 4.69) is 10.3 Å². The molecule has 2 aliphatic rings. The number of carbonyl (C=O) groups is 2. The summed E-state index contributed by atoms with van der Waals surface area (Å²) in [6, 6.07) is -0.238. The predicted molar refractivity (Wildman–Crippen MR) is 89.6 cm³/mol. The lowest BCUT2D eigenvalue weighted by molar-refractivity contribution is -0.133. The van der Waals surface area contributed by atoms with Crippen LogP contribution in [0.2, 0.25) is 0 Å². The van der Waals surface area contributed by atoms with Gasteiger partial charge in [0.1, 0.15) is 6.17 Å². The van der Waals surface area contributed by atoms with E-state index < -0.39 is 6.17 Å². The molecule has 2 atom stereocenters. The molecule has 7 nitrogen and oxygen atoms in total. The van der Waals surface area contributed by atoms with E-state index >= 15 is 0 Å². The summed E-state index contributed by atoms with van der Waals surface area (Å²) < 4.78 is 15.4. The molecule has 1 aromatic rings. The van der Waals surface area contributed by atoms with Crippen molar-refractivity contribution < 1.29 is 14.0 Å². The van der Waals surface area contributed by atoms with Gasteiger partial charge in [-0.05, 0) is 18.8 Å². The molecule has 25 heavy (non-hydrogen) atoms. The van der Waals surface area contributed by atoms with Crippen molar-refractivity contribution in [2.75, 3.05) is 19.6 Å². The second kappa shape index (κ2) is 7.49. The number of hydrogen-bond acceptors (Lipinski definition) is 4. The molecule has 2 fully saturated rings. The fraction of sp³-hybridized carbons (Fsp3) is 0.765. The van der Waals surface area contributed by atoms with Crippen molar-refractivity contribution in [3.8, 4) is 0 Å². The minimum Gasteiger partial charge on any atom is -0.337 e. The molecular weight excluding hydrogens is 325 g/mol. The Hall–Kier alpha value is -1.99. The van der Waals surface area contributed by atoms with Gasteiger partial charge in [-0.15, -0.1) is 5.10 Å². The first kappa shape index (κ1) is 17.8. The minimum atomic E-state index is -1.00. The monoisotopic (exact) mass is 351 g/mol. The molecular formula is C17H26FN5O2. The van der Waals surface area contributed by atoms with Crippen molar-refractivity contribution in [2.45, 2.75) is 58.3 Å². The van der Waals surface area contributed by atoms with Gasteiger partial charge in [-0.25, -0.2) is 9.07 Å². The zero-order valence-corrected chi connectivity index (χ0v) is 14.9. The van der Waals surface area contributed by atoms with Crippen LogP contribution >= 0.6 is 0 Å². The van der Waals surface area contributed by atoms with Crippen LogP contribution in [0.5, 0.6) is 0 Å². The average Bonchev–Trinajstić information content (AvgIpc) is 3.27. The van der Waals surface area contributed by atoms with E-state index in [1.807, 2.05) is 13.8 Å². The van der Waals surface area contributed by atoms with Crippen LogP contribution in [0.4, 0.5) is 4.39 Å². The highest BCUT2D eigenvalue weighted by atomic mass is 19.1. The molecule has 3 rings (SSSR count). The second-order valence-electron chi connectivity index (χ2n) is 7.46. The van der Waals surface area contributed by atoms with E-state index in [0.717, 1.165) is 25.9 Å². The summed E-state index contributed by atoms with van der Waals surface area (Å²) in [7, 11) is 0. The number of halogens is 1. The highest BCUT2D eigenvalue weighted by molar-refractivity contribution is 5.92. The summed E-state index contributed by atoms with van der Waals surface area (Å²) in [6.07, 6.45) is 3.37. The van der Waals surface area contributed by atoms with Gasteiger partial charge in [-0.2, -0.15) is 0 Å². The molecule has 0 aromatic carbocycles. The lowest BCUT2D eigenvalue weighted by atomic mass is 10.1. The maximum absolute atomic E-state index is 13.9. The highest BCUT2D eigenvalue weighted by Gasteiger charge is 2.36. The highest BCUT2D eigenvalue weighted by Crippen LogP contribution is 2.23. The molecule has 2 aliphatic heterocycles. The second-order valence-corrected chi connectivity index (χ2v) is 7.46. The van der Waals surface area contributed by atoms with Crippen molar-refractivity contribution in [3.63, 3.8) is 0 Å². The number of hydrogen-bond donors (Lipinski definition) is 0. The summed E-state index contributed by atoms with van der Waals surface area (Å²) in [5, 5.41) is 7.98. The van der Waals surface area contributed by atoms with Gasteiger partial charge in [-0.3, -0.25) is 9.59 Å². The third kappa shape index (κ3) is 4.16. The van der Waals surface area contributed by atoms with E-state index in [0.29, 0.717) is 25.1 Å². The summed E-state index contributed by atoms with van der Waals surface area (Å²) in [5.74, 6) is 0.114.